The van der Waals surface area contributed by atoms with E-state index in [-0.39, 0.29) is 5.91 Å². The normalized spacial score (nSPS) is 15.9. The fraction of sp³-hybridized carbons (Fsp3) is 0.565. The van der Waals surface area contributed by atoms with Crippen molar-refractivity contribution in [3.63, 3.8) is 0 Å². The van der Waals surface area contributed by atoms with E-state index >= 15 is 0 Å². The standard InChI is InChI=1S/C23H33N3O3S/c1-4-18(5-2)22(26-9-11-28-12-10-26)14-24-23(27)19-7-6-8-21(13-19)29-15-20-16-30-17(3)25-20/h6-8,13,16,18,22H,4-5,9-12,14-15H2,1-3H3,(H,24,27). The predicted molar refractivity (Wildman–Crippen MR) is 120 cm³/mol. The van der Waals surface area contributed by atoms with Gasteiger partial charge in [0.15, 0.2) is 0 Å². The van der Waals surface area contributed by atoms with Crippen LogP contribution in [-0.4, -0.2) is 54.7 Å². The number of carbonyl (C=O) groups excluding carboxylic acids is 1. The summed E-state index contributed by atoms with van der Waals surface area (Å²) in [5.41, 5.74) is 1.53. The SMILES string of the molecule is CCC(CC)C(CNC(=O)c1cccc(OCc2csc(C)n2)c1)N1CCOCC1. The molecule has 2 heterocycles. The quantitative estimate of drug-likeness (QED) is 0.618. The number of rotatable bonds is 10. The van der Waals surface area contributed by atoms with Gasteiger partial charge in [-0.2, -0.15) is 0 Å². The van der Waals surface area contributed by atoms with Crippen LogP contribution in [0.15, 0.2) is 29.6 Å². The van der Waals surface area contributed by atoms with Gasteiger partial charge in [0.05, 0.1) is 23.9 Å². The summed E-state index contributed by atoms with van der Waals surface area (Å²) in [6.07, 6.45) is 2.21. The monoisotopic (exact) mass is 431 g/mol. The number of aromatic nitrogens is 1. The summed E-state index contributed by atoms with van der Waals surface area (Å²) < 4.78 is 11.3. The van der Waals surface area contributed by atoms with E-state index in [0.29, 0.717) is 36.4 Å². The van der Waals surface area contributed by atoms with Crippen LogP contribution < -0.4 is 10.1 Å². The van der Waals surface area contributed by atoms with Gasteiger partial charge in [0.1, 0.15) is 12.4 Å². The molecule has 0 radical (unpaired) electrons. The molecule has 1 aromatic heterocycles. The van der Waals surface area contributed by atoms with Crippen molar-refractivity contribution >= 4 is 17.2 Å². The fourth-order valence-corrected chi connectivity index (χ4v) is 4.59. The number of ether oxygens (including phenoxy) is 2. The molecule has 0 spiro atoms. The maximum atomic E-state index is 12.8. The Morgan fingerprint density at radius 1 is 1.30 bits per heavy atom. The van der Waals surface area contributed by atoms with Crippen molar-refractivity contribution in [1.29, 1.82) is 0 Å². The van der Waals surface area contributed by atoms with Gasteiger partial charge in [-0.15, -0.1) is 11.3 Å². The Morgan fingerprint density at radius 3 is 2.73 bits per heavy atom. The summed E-state index contributed by atoms with van der Waals surface area (Å²) in [6.45, 7) is 10.9. The minimum Gasteiger partial charge on any atom is -0.487 e. The second-order valence-electron chi connectivity index (χ2n) is 7.68. The van der Waals surface area contributed by atoms with E-state index < -0.39 is 0 Å². The first-order chi connectivity index (χ1) is 14.6. The number of amides is 1. The molecule has 1 amide bonds. The van der Waals surface area contributed by atoms with Gasteiger partial charge in [0.25, 0.3) is 5.91 Å². The van der Waals surface area contributed by atoms with Crippen LogP contribution in [0.4, 0.5) is 0 Å². The molecule has 1 fully saturated rings. The van der Waals surface area contributed by atoms with Crippen molar-refractivity contribution < 1.29 is 14.3 Å². The predicted octanol–water partition coefficient (Wildman–Crippen LogP) is 3.90. The second-order valence-corrected chi connectivity index (χ2v) is 8.74. The van der Waals surface area contributed by atoms with Gasteiger partial charge in [-0.3, -0.25) is 9.69 Å². The number of hydrogen-bond acceptors (Lipinski definition) is 6. The number of nitrogens with one attached hydrogen (secondary N) is 1. The summed E-state index contributed by atoms with van der Waals surface area (Å²) in [5, 5.41) is 6.18. The zero-order valence-corrected chi connectivity index (χ0v) is 19.0. The van der Waals surface area contributed by atoms with E-state index in [0.717, 1.165) is 49.8 Å². The molecular weight excluding hydrogens is 398 g/mol. The first-order valence-electron chi connectivity index (χ1n) is 10.8. The molecule has 0 aliphatic carbocycles. The van der Waals surface area contributed by atoms with Gasteiger partial charge in [-0.25, -0.2) is 4.98 Å². The number of aryl methyl sites for hydroxylation is 1. The topological polar surface area (TPSA) is 63.7 Å². The van der Waals surface area contributed by atoms with Crippen LogP contribution in [0.25, 0.3) is 0 Å². The third-order valence-electron chi connectivity index (χ3n) is 5.73. The lowest BCUT2D eigenvalue weighted by Gasteiger charge is -2.38. The molecule has 1 unspecified atom stereocenters. The van der Waals surface area contributed by atoms with Crippen LogP contribution in [0.3, 0.4) is 0 Å². The van der Waals surface area contributed by atoms with Gasteiger partial charge < -0.3 is 14.8 Å². The Labute approximate surface area is 183 Å². The molecule has 2 aromatic rings. The van der Waals surface area contributed by atoms with Crippen LogP contribution >= 0.6 is 11.3 Å². The average molecular weight is 432 g/mol. The molecule has 0 saturated carbocycles. The van der Waals surface area contributed by atoms with Gasteiger partial charge in [-0.1, -0.05) is 32.8 Å². The summed E-state index contributed by atoms with van der Waals surface area (Å²) in [4.78, 5) is 19.7. The van der Waals surface area contributed by atoms with E-state index in [9.17, 15) is 4.79 Å². The highest BCUT2D eigenvalue weighted by Crippen LogP contribution is 2.20. The highest BCUT2D eigenvalue weighted by atomic mass is 32.1. The minimum absolute atomic E-state index is 0.0610. The molecule has 1 aliphatic heterocycles. The van der Waals surface area contributed by atoms with Crippen molar-refractivity contribution in [3.8, 4) is 5.75 Å². The van der Waals surface area contributed by atoms with Gasteiger partial charge in [0.2, 0.25) is 0 Å². The first-order valence-corrected chi connectivity index (χ1v) is 11.7. The Morgan fingerprint density at radius 2 is 2.07 bits per heavy atom. The van der Waals surface area contributed by atoms with Crippen molar-refractivity contribution in [3.05, 3.63) is 45.9 Å². The van der Waals surface area contributed by atoms with Crippen molar-refractivity contribution in [2.24, 2.45) is 5.92 Å². The lowest BCUT2D eigenvalue weighted by atomic mass is 9.92. The summed E-state index contributed by atoms with van der Waals surface area (Å²) in [6, 6.07) is 7.69. The number of hydrogen-bond donors (Lipinski definition) is 1. The number of nitrogens with zero attached hydrogens (tertiary/aromatic N) is 2. The molecule has 7 heteroatoms. The van der Waals surface area contributed by atoms with Crippen LogP contribution in [0.2, 0.25) is 0 Å². The summed E-state index contributed by atoms with van der Waals surface area (Å²) >= 11 is 1.61. The number of thiazole rings is 1. The number of carbonyl (C=O) groups is 1. The molecule has 30 heavy (non-hydrogen) atoms. The summed E-state index contributed by atoms with van der Waals surface area (Å²) in [5.74, 6) is 1.17. The molecule has 3 rings (SSSR count). The van der Waals surface area contributed by atoms with Crippen molar-refractivity contribution in [2.45, 2.75) is 46.3 Å². The van der Waals surface area contributed by atoms with E-state index in [1.54, 1.807) is 17.4 Å². The van der Waals surface area contributed by atoms with E-state index in [1.807, 2.05) is 30.5 Å². The zero-order chi connectivity index (χ0) is 21.3. The Hall–Kier alpha value is -1.96. The van der Waals surface area contributed by atoms with Crippen molar-refractivity contribution in [1.82, 2.24) is 15.2 Å². The van der Waals surface area contributed by atoms with E-state index in [4.69, 9.17) is 9.47 Å². The largest absolute Gasteiger partial charge is 0.487 e. The Bertz CT molecular complexity index is 800. The van der Waals surface area contributed by atoms with Gasteiger partial charge in [-0.05, 0) is 31.0 Å². The molecule has 164 valence electrons. The fourth-order valence-electron chi connectivity index (χ4n) is 3.99. The first kappa shape index (κ1) is 22.7. The maximum absolute atomic E-state index is 12.8. The Balaban J connectivity index is 1.59. The van der Waals surface area contributed by atoms with Gasteiger partial charge >= 0.3 is 0 Å². The number of benzene rings is 1. The highest BCUT2D eigenvalue weighted by Gasteiger charge is 2.27. The average Bonchev–Trinajstić information content (AvgIpc) is 3.21. The Kier molecular flexibility index (Phi) is 8.66. The molecule has 1 saturated heterocycles. The molecule has 1 N–H and O–H groups in total. The molecule has 6 nitrogen and oxygen atoms in total. The zero-order valence-electron chi connectivity index (χ0n) is 18.2. The number of morpholine rings is 1. The molecule has 1 aliphatic rings. The molecule has 0 bridgehead atoms. The third-order valence-corrected chi connectivity index (χ3v) is 6.55. The molecular formula is C23H33N3O3S. The van der Waals surface area contributed by atoms with E-state index in [1.165, 1.54) is 0 Å². The van der Waals surface area contributed by atoms with Crippen molar-refractivity contribution in [2.75, 3.05) is 32.8 Å². The molecule has 1 atom stereocenters. The lowest BCUT2D eigenvalue weighted by molar-refractivity contribution is 0.00191. The minimum atomic E-state index is -0.0610. The maximum Gasteiger partial charge on any atom is 0.251 e. The lowest BCUT2D eigenvalue weighted by Crippen LogP contribution is -2.52. The third kappa shape index (κ3) is 6.27. The molecule has 1 aromatic carbocycles. The second kappa shape index (κ2) is 11.4. The van der Waals surface area contributed by atoms with Crippen LogP contribution in [-0.2, 0) is 11.3 Å². The van der Waals surface area contributed by atoms with E-state index in [2.05, 4.69) is 29.0 Å². The van der Waals surface area contributed by atoms with Crippen LogP contribution in [0.1, 0.15) is 47.7 Å². The van der Waals surface area contributed by atoms with Crippen LogP contribution in [0.5, 0.6) is 5.75 Å². The highest BCUT2D eigenvalue weighted by molar-refractivity contribution is 7.09. The van der Waals surface area contributed by atoms with Crippen LogP contribution in [0, 0.1) is 12.8 Å². The summed E-state index contributed by atoms with van der Waals surface area (Å²) in [7, 11) is 0. The van der Waals surface area contributed by atoms with Gasteiger partial charge in [0, 0.05) is 36.6 Å². The smallest absolute Gasteiger partial charge is 0.251 e.